The van der Waals surface area contributed by atoms with Crippen molar-refractivity contribution >= 4 is 23.6 Å². The minimum atomic E-state index is -0.590. The molecule has 0 spiro atoms. The average Bonchev–Trinajstić information content (AvgIpc) is 2.34. The largest absolute Gasteiger partial charge is 0.492 e. The first-order chi connectivity index (χ1) is 8.17. The molecule has 0 saturated heterocycles. The summed E-state index contributed by atoms with van der Waals surface area (Å²) in [6, 6.07) is 5.21. The number of hydrogen-bond donors (Lipinski definition) is 2. The van der Waals surface area contributed by atoms with E-state index in [0.29, 0.717) is 17.4 Å². The van der Waals surface area contributed by atoms with E-state index in [2.05, 4.69) is 0 Å². The maximum absolute atomic E-state index is 10.8. The van der Waals surface area contributed by atoms with E-state index in [1.165, 1.54) is 11.6 Å². The second-order valence-corrected chi connectivity index (χ2v) is 3.75. The molecule has 1 amide bonds. The van der Waals surface area contributed by atoms with E-state index in [4.69, 9.17) is 21.5 Å². The Morgan fingerprint density at radius 3 is 2.94 bits per heavy atom. The molecular formula is C12H14ClNO3. The van der Waals surface area contributed by atoms with Gasteiger partial charge >= 0.3 is 0 Å². The second kappa shape index (κ2) is 6.93. The maximum atomic E-state index is 10.8. The van der Waals surface area contributed by atoms with Crippen LogP contribution in [0.2, 0.25) is 5.02 Å². The van der Waals surface area contributed by atoms with Crippen molar-refractivity contribution in [2.45, 2.75) is 13.3 Å². The third-order valence-corrected chi connectivity index (χ3v) is 2.25. The third kappa shape index (κ3) is 4.46. The zero-order valence-corrected chi connectivity index (χ0v) is 10.2. The SMILES string of the molecule is CCCOc1ccc(C=CC(=O)NO)cc1Cl. The Kier molecular flexibility index (Phi) is 5.52. The fourth-order valence-corrected chi connectivity index (χ4v) is 1.40. The van der Waals surface area contributed by atoms with Crippen molar-refractivity contribution in [1.29, 1.82) is 0 Å². The Bertz CT molecular complexity index is 418. The zero-order chi connectivity index (χ0) is 12.7. The number of amides is 1. The number of benzene rings is 1. The number of halogens is 1. The molecule has 0 aliphatic carbocycles. The lowest BCUT2D eigenvalue weighted by Crippen LogP contribution is -2.14. The molecule has 0 radical (unpaired) electrons. The summed E-state index contributed by atoms with van der Waals surface area (Å²) in [6.07, 6.45) is 3.66. The van der Waals surface area contributed by atoms with Gasteiger partial charge in [0, 0.05) is 6.08 Å². The normalized spacial score (nSPS) is 10.5. The number of hydrogen-bond acceptors (Lipinski definition) is 3. The first kappa shape index (κ1) is 13.5. The fraction of sp³-hybridized carbons (Fsp3) is 0.250. The molecule has 1 rings (SSSR count). The molecule has 92 valence electrons. The summed E-state index contributed by atoms with van der Waals surface area (Å²) in [5, 5.41) is 8.80. The highest BCUT2D eigenvalue weighted by Gasteiger charge is 2.01. The molecule has 0 saturated carbocycles. The minimum Gasteiger partial charge on any atom is -0.492 e. The summed E-state index contributed by atoms with van der Waals surface area (Å²) in [7, 11) is 0. The van der Waals surface area contributed by atoms with Crippen LogP contribution in [-0.2, 0) is 4.79 Å². The van der Waals surface area contributed by atoms with E-state index in [9.17, 15) is 4.79 Å². The van der Waals surface area contributed by atoms with Crippen LogP contribution in [0.3, 0.4) is 0 Å². The van der Waals surface area contributed by atoms with Crippen LogP contribution < -0.4 is 10.2 Å². The van der Waals surface area contributed by atoms with Gasteiger partial charge in [0.15, 0.2) is 0 Å². The van der Waals surface area contributed by atoms with Crippen LogP contribution in [0.4, 0.5) is 0 Å². The van der Waals surface area contributed by atoms with Crippen molar-refractivity contribution < 1.29 is 14.7 Å². The monoisotopic (exact) mass is 255 g/mol. The molecule has 0 atom stereocenters. The summed E-state index contributed by atoms with van der Waals surface area (Å²) < 4.78 is 5.41. The van der Waals surface area contributed by atoms with Gasteiger partial charge < -0.3 is 4.74 Å². The Hall–Kier alpha value is -1.52. The van der Waals surface area contributed by atoms with Gasteiger partial charge in [-0.25, -0.2) is 5.48 Å². The quantitative estimate of drug-likeness (QED) is 0.483. The standard InChI is InChI=1S/C12H14ClNO3/c1-2-7-17-11-5-3-9(8-10(11)13)4-6-12(15)14-16/h3-6,8,16H,2,7H2,1H3,(H,14,15). The lowest BCUT2D eigenvalue weighted by molar-refractivity contribution is -0.124. The van der Waals surface area contributed by atoms with Gasteiger partial charge in [-0.15, -0.1) is 0 Å². The summed E-state index contributed by atoms with van der Waals surface area (Å²) in [5.74, 6) is 0.0321. The first-order valence-corrected chi connectivity index (χ1v) is 5.59. The first-order valence-electron chi connectivity index (χ1n) is 5.22. The highest BCUT2D eigenvalue weighted by Crippen LogP contribution is 2.26. The van der Waals surface area contributed by atoms with Crippen molar-refractivity contribution in [2.75, 3.05) is 6.61 Å². The number of nitrogens with one attached hydrogen (secondary N) is 1. The molecule has 0 aromatic heterocycles. The second-order valence-electron chi connectivity index (χ2n) is 3.35. The lowest BCUT2D eigenvalue weighted by atomic mass is 10.2. The molecule has 0 bridgehead atoms. The van der Waals surface area contributed by atoms with Gasteiger partial charge in [0.1, 0.15) is 5.75 Å². The van der Waals surface area contributed by atoms with Crippen molar-refractivity contribution in [3.63, 3.8) is 0 Å². The molecule has 0 fully saturated rings. The molecule has 0 unspecified atom stereocenters. The van der Waals surface area contributed by atoms with Crippen molar-refractivity contribution in [3.8, 4) is 5.75 Å². The van der Waals surface area contributed by atoms with Crippen LogP contribution in [0.1, 0.15) is 18.9 Å². The molecule has 0 aliphatic rings. The topological polar surface area (TPSA) is 58.6 Å². The van der Waals surface area contributed by atoms with Crippen LogP contribution in [0.15, 0.2) is 24.3 Å². The zero-order valence-electron chi connectivity index (χ0n) is 9.44. The molecule has 2 N–H and O–H groups in total. The van der Waals surface area contributed by atoms with Gasteiger partial charge in [-0.05, 0) is 30.2 Å². The highest BCUT2D eigenvalue weighted by molar-refractivity contribution is 6.32. The van der Waals surface area contributed by atoms with E-state index in [-0.39, 0.29) is 0 Å². The van der Waals surface area contributed by atoms with E-state index < -0.39 is 5.91 Å². The minimum absolute atomic E-state index is 0.491. The number of carbonyl (C=O) groups excluding carboxylic acids is 1. The summed E-state index contributed by atoms with van der Waals surface area (Å²) >= 11 is 6.01. The Morgan fingerprint density at radius 2 is 2.35 bits per heavy atom. The lowest BCUT2D eigenvalue weighted by Gasteiger charge is -2.06. The molecule has 1 aromatic rings. The van der Waals surface area contributed by atoms with Gasteiger partial charge in [-0.3, -0.25) is 10.0 Å². The number of rotatable bonds is 5. The van der Waals surface area contributed by atoms with E-state index in [1.54, 1.807) is 24.3 Å². The molecular weight excluding hydrogens is 242 g/mol. The maximum Gasteiger partial charge on any atom is 0.267 e. The predicted molar refractivity (Wildman–Crippen MR) is 66.2 cm³/mol. The van der Waals surface area contributed by atoms with Gasteiger partial charge in [-0.2, -0.15) is 0 Å². The van der Waals surface area contributed by atoms with E-state index in [1.807, 2.05) is 6.92 Å². The molecule has 0 aliphatic heterocycles. The van der Waals surface area contributed by atoms with Gasteiger partial charge in [0.2, 0.25) is 0 Å². The Morgan fingerprint density at radius 1 is 1.59 bits per heavy atom. The molecule has 0 heterocycles. The highest BCUT2D eigenvalue weighted by atomic mass is 35.5. The molecule has 17 heavy (non-hydrogen) atoms. The fourth-order valence-electron chi connectivity index (χ4n) is 1.16. The predicted octanol–water partition coefficient (Wildman–Crippen LogP) is 2.65. The van der Waals surface area contributed by atoms with Crippen LogP contribution in [-0.4, -0.2) is 17.7 Å². The van der Waals surface area contributed by atoms with Crippen LogP contribution in [0.25, 0.3) is 6.08 Å². The van der Waals surface area contributed by atoms with E-state index >= 15 is 0 Å². The van der Waals surface area contributed by atoms with E-state index in [0.717, 1.165) is 12.0 Å². The summed E-state index contributed by atoms with van der Waals surface area (Å²) in [5.41, 5.74) is 2.26. The van der Waals surface area contributed by atoms with Gasteiger partial charge in [-0.1, -0.05) is 24.6 Å². The molecule has 1 aromatic carbocycles. The number of ether oxygens (including phenoxy) is 1. The molecule has 4 nitrogen and oxygen atoms in total. The van der Waals surface area contributed by atoms with Crippen molar-refractivity contribution in [1.82, 2.24) is 5.48 Å². The molecule has 5 heteroatoms. The van der Waals surface area contributed by atoms with Crippen LogP contribution in [0, 0.1) is 0 Å². The smallest absolute Gasteiger partial charge is 0.267 e. The van der Waals surface area contributed by atoms with Crippen LogP contribution >= 0.6 is 11.6 Å². The summed E-state index contributed by atoms with van der Waals surface area (Å²) in [6.45, 7) is 2.63. The Labute approximate surface area is 105 Å². The number of hydroxylamine groups is 1. The average molecular weight is 256 g/mol. The van der Waals surface area contributed by atoms with Crippen LogP contribution in [0.5, 0.6) is 5.75 Å². The number of carbonyl (C=O) groups is 1. The van der Waals surface area contributed by atoms with Gasteiger partial charge in [0.05, 0.1) is 11.6 Å². The van der Waals surface area contributed by atoms with Crippen molar-refractivity contribution in [3.05, 3.63) is 34.9 Å². The van der Waals surface area contributed by atoms with Gasteiger partial charge in [0.25, 0.3) is 5.91 Å². The third-order valence-electron chi connectivity index (χ3n) is 1.95. The Balaban J connectivity index is 2.74. The van der Waals surface area contributed by atoms with Crippen molar-refractivity contribution in [2.24, 2.45) is 0 Å². The summed E-state index contributed by atoms with van der Waals surface area (Å²) in [4.78, 5) is 10.8.